The smallest absolute Gasteiger partial charge is 0.491 e. The summed E-state index contributed by atoms with van der Waals surface area (Å²) in [6.07, 6.45) is -1.19. The fourth-order valence-electron chi connectivity index (χ4n) is 5.17. The Balaban J connectivity index is 1.44. The summed E-state index contributed by atoms with van der Waals surface area (Å²) in [5.74, 6) is -6.96. The number of pyridine rings is 1. The summed E-state index contributed by atoms with van der Waals surface area (Å²) >= 11 is 0. The van der Waals surface area contributed by atoms with Crippen molar-refractivity contribution >= 4 is 22.4 Å². The lowest BCUT2D eigenvalue weighted by atomic mass is 10.1. The number of para-hydroxylation sites is 1. The Morgan fingerprint density at radius 1 is 0.843 bits per heavy atom. The first kappa shape index (κ1) is 34.8. The highest BCUT2D eigenvalue weighted by Crippen LogP contribution is 2.37. The molecule has 0 radical (unpaired) electrons. The van der Waals surface area contributed by atoms with Crippen LogP contribution < -0.4 is 19.1 Å². The third-order valence-corrected chi connectivity index (χ3v) is 7.37. The predicted molar refractivity (Wildman–Crippen MR) is 163 cm³/mol. The lowest BCUT2D eigenvalue weighted by Gasteiger charge is -2.26. The van der Waals surface area contributed by atoms with E-state index in [0.29, 0.717) is 35.2 Å². The number of benzene rings is 3. The van der Waals surface area contributed by atoms with Gasteiger partial charge in [0.2, 0.25) is 0 Å². The number of fused-ring (bicyclic) bond motifs is 1. The minimum atomic E-state index is -5.19. The highest BCUT2D eigenvalue weighted by Gasteiger charge is 2.32. The molecule has 0 saturated carbocycles. The van der Waals surface area contributed by atoms with E-state index in [0.717, 1.165) is 0 Å². The van der Waals surface area contributed by atoms with Crippen molar-refractivity contribution in [1.82, 2.24) is 24.7 Å². The largest absolute Gasteiger partial charge is 0.573 e. The van der Waals surface area contributed by atoms with Crippen LogP contribution in [-0.2, 0) is 13.1 Å². The highest BCUT2D eigenvalue weighted by molar-refractivity contribution is 5.92. The maximum atomic E-state index is 15.2. The van der Waals surface area contributed by atoms with Gasteiger partial charge in [-0.05, 0) is 18.2 Å². The van der Waals surface area contributed by atoms with Crippen molar-refractivity contribution in [3.63, 3.8) is 0 Å². The molecule has 9 nitrogen and oxygen atoms in total. The number of halogens is 9. The van der Waals surface area contributed by atoms with E-state index in [9.17, 15) is 30.7 Å². The van der Waals surface area contributed by atoms with Crippen molar-refractivity contribution in [3.8, 4) is 28.8 Å². The SMILES string of the molecule is COc1cnc(-c2nn(Cc3c(F)cc(OC(F)F)cc3F)c3ccccc23)nc1N(Cc1c(F)cc(OC(F)(F)F)cc1F)c1ccncc1. The molecule has 0 aliphatic rings. The number of methoxy groups -OCH3 is 1. The Bertz CT molecular complexity index is 2150. The molecule has 3 aromatic heterocycles. The molecular formula is C33H21F9N6O3. The monoisotopic (exact) mass is 720 g/mol. The van der Waals surface area contributed by atoms with E-state index in [4.69, 9.17) is 4.74 Å². The van der Waals surface area contributed by atoms with E-state index in [2.05, 4.69) is 29.5 Å². The molecule has 0 saturated heterocycles. The lowest BCUT2D eigenvalue weighted by Crippen LogP contribution is -2.21. The molecule has 0 unspecified atom stereocenters. The van der Waals surface area contributed by atoms with Crippen molar-refractivity contribution in [2.45, 2.75) is 26.1 Å². The second kappa shape index (κ2) is 14.0. The van der Waals surface area contributed by atoms with E-state index in [1.54, 1.807) is 24.3 Å². The van der Waals surface area contributed by atoms with Gasteiger partial charge in [0, 0.05) is 58.9 Å². The van der Waals surface area contributed by atoms with Crippen LogP contribution in [0.2, 0.25) is 0 Å². The van der Waals surface area contributed by atoms with Crippen molar-refractivity contribution in [1.29, 1.82) is 0 Å². The van der Waals surface area contributed by atoms with Gasteiger partial charge in [-0.2, -0.15) is 13.9 Å². The average molecular weight is 721 g/mol. The summed E-state index contributed by atoms with van der Waals surface area (Å²) in [5.41, 5.74) is -0.396. The fourth-order valence-corrected chi connectivity index (χ4v) is 5.17. The molecule has 0 aliphatic heterocycles. The molecule has 0 amide bonds. The quantitative estimate of drug-likeness (QED) is 0.124. The maximum absolute atomic E-state index is 15.2. The standard InChI is InChI=1S/C33H21F9N6O3/c1-49-28-14-44-30(29-20-4-2-3-5-27(20)48(46-29)16-22-23(34)10-18(11-24(22)35)50-32(38)39)45-31(28)47(17-6-8-43-9-7-17)15-21-25(36)12-19(13-26(21)37)51-33(40,41)42/h2-14,32H,15-16H2,1H3. The molecule has 6 aromatic rings. The summed E-state index contributed by atoms with van der Waals surface area (Å²) in [6.45, 7) is -4.42. The second-order valence-corrected chi connectivity index (χ2v) is 10.6. The Morgan fingerprint density at radius 2 is 1.47 bits per heavy atom. The van der Waals surface area contributed by atoms with Crippen LogP contribution in [0.1, 0.15) is 11.1 Å². The molecule has 18 heteroatoms. The number of rotatable bonds is 11. The second-order valence-electron chi connectivity index (χ2n) is 10.6. The van der Waals surface area contributed by atoms with Crippen molar-refractivity contribution < 1.29 is 53.7 Å². The highest BCUT2D eigenvalue weighted by atomic mass is 19.4. The summed E-state index contributed by atoms with van der Waals surface area (Å²) in [7, 11) is 1.28. The lowest BCUT2D eigenvalue weighted by molar-refractivity contribution is -0.274. The Kier molecular flexibility index (Phi) is 9.58. The molecule has 6 rings (SSSR count). The van der Waals surface area contributed by atoms with Crippen LogP contribution in [0.25, 0.3) is 22.4 Å². The molecule has 0 atom stereocenters. The van der Waals surface area contributed by atoms with E-state index in [1.807, 2.05) is 0 Å². The molecule has 51 heavy (non-hydrogen) atoms. The Morgan fingerprint density at radius 3 is 2.10 bits per heavy atom. The van der Waals surface area contributed by atoms with Gasteiger partial charge in [0.25, 0.3) is 0 Å². The number of hydrogen-bond acceptors (Lipinski definition) is 8. The number of nitrogens with zero attached hydrogens (tertiary/aromatic N) is 6. The van der Waals surface area contributed by atoms with Crippen LogP contribution in [-0.4, -0.2) is 44.8 Å². The van der Waals surface area contributed by atoms with Gasteiger partial charge in [0.1, 0.15) is 40.5 Å². The minimum Gasteiger partial charge on any atom is -0.491 e. The van der Waals surface area contributed by atoms with Crippen LogP contribution in [0.15, 0.2) is 79.3 Å². The third kappa shape index (κ3) is 7.58. The number of aromatic nitrogens is 5. The van der Waals surface area contributed by atoms with Gasteiger partial charge in [-0.15, -0.1) is 13.2 Å². The zero-order chi connectivity index (χ0) is 36.4. The van der Waals surface area contributed by atoms with Crippen molar-refractivity contribution in [2.75, 3.05) is 12.0 Å². The van der Waals surface area contributed by atoms with Crippen LogP contribution in [0, 0.1) is 23.3 Å². The third-order valence-electron chi connectivity index (χ3n) is 7.37. The van der Waals surface area contributed by atoms with Gasteiger partial charge in [0.05, 0.1) is 31.9 Å². The first-order chi connectivity index (χ1) is 24.3. The molecule has 3 heterocycles. The van der Waals surface area contributed by atoms with Gasteiger partial charge in [-0.25, -0.2) is 27.5 Å². The van der Waals surface area contributed by atoms with E-state index < -0.39 is 72.0 Å². The summed E-state index contributed by atoms with van der Waals surface area (Å²) in [6, 6.07) is 11.5. The fraction of sp³-hybridized carbons (Fsp3) is 0.152. The number of ether oxygens (including phenoxy) is 3. The molecular weight excluding hydrogens is 699 g/mol. The van der Waals surface area contributed by atoms with E-state index in [1.165, 1.54) is 47.4 Å². The topological polar surface area (TPSA) is 87.4 Å². The van der Waals surface area contributed by atoms with Crippen molar-refractivity contribution in [2.24, 2.45) is 0 Å². The zero-order valence-electron chi connectivity index (χ0n) is 25.8. The van der Waals surface area contributed by atoms with Crippen LogP contribution in [0.5, 0.6) is 17.2 Å². The van der Waals surface area contributed by atoms with Gasteiger partial charge >= 0.3 is 13.0 Å². The Labute approximate surface area is 281 Å². The number of alkyl halides is 5. The molecule has 0 spiro atoms. The van der Waals surface area contributed by atoms with Crippen LogP contribution >= 0.6 is 0 Å². The van der Waals surface area contributed by atoms with E-state index in [-0.39, 0.29) is 28.8 Å². The molecule has 0 fully saturated rings. The summed E-state index contributed by atoms with van der Waals surface area (Å²) in [4.78, 5) is 14.2. The molecule has 0 bridgehead atoms. The summed E-state index contributed by atoms with van der Waals surface area (Å²) in [5, 5.41) is 4.92. The Hall–Kier alpha value is -6.07. The zero-order valence-corrected chi connectivity index (χ0v) is 25.8. The van der Waals surface area contributed by atoms with Crippen molar-refractivity contribution in [3.05, 3.63) is 114 Å². The maximum Gasteiger partial charge on any atom is 0.573 e. The normalized spacial score (nSPS) is 11.7. The minimum absolute atomic E-state index is 0.00684. The van der Waals surface area contributed by atoms with Gasteiger partial charge in [-0.3, -0.25) is 9.67 Å². The molecule has 0 N–H and O–H groups in total. The number of anilines is 2. The molecule has 0 aliphatic carbocycles. The van der Waals surface area contributed by atoms with Gasteiger partial charge < -0.3 is 19.1 Å². The number of hydrogen-bond donors (Lipinski definition) is 0. The van der Waals surface area contributed by atoms with Crippen LogP contribution in [0.3, 0.4) is 0 Å². The van der Waals surface area contributed by atoms with Crippen LogP contribution in [0.4, 0.5) is 51.0 Å². The molecule has 264 valence electrons. The van der Waals surface area contributed by atoms with Gasteiger partial charge in [-0.1, -0.05) is 18.2 Å². The predicted octanol–water partition coefficient (Wildman–Crippen LogP) is 8.34. The average Bonchev–Trinajstić information content (AvgIpc) is 3.43. The van der Waals surface area contributed by atoms with Gasteiger partial charge in [0.15, 0.2) is 17.4 Å². The van der Waals surface area contributed by atoms with E-state index >= 15 is 8.78 Å². The first-order valence-electron chi connectivity index (χ1n) is 14.5. The first-order valence-corrected chi connectivity index (χ1v) is 14.5. The summed E-state index contributed by atoms with van der Waals surface area (Å²) < 4.78 is 138. The molecule has 3 aromatic carbocycles.